The van der Waals surface area contributed by atoms with E-state index in [4.69, 9.17) is 0 Å². The van der Waals surface area contributed by atoms with Gasteiger partial charge < -0.3 is 0 Å². The molecule has 1 heteroatoms. The van der Waals surface area contributed by atoms with Gasteiger partial charge in [0.2, 0.25) is 0 Å². The maximum Gasteiger partial charge on any atom is 0.0473 e. The lowest BCUT2D eigenvalue weighted by Crippen LogP contribution is -2.33. The molecular weight excluding hydrogens is 172 g/mol. The van der Waals surface area contributed by atoms with Gasteiger partial charge in [0.05, 0.1) is 0 Å². The van der Waals surface area contributed by atoms with E-state index in [0.717, 1.165) is 17.4 Å². The van der Waals surface area contributed by atoms with Gasteiger partial charge in [-0.1, -0.05) is 59.2 Å². The molecule has 1 aliphatic rings. The van der Waals surface area contributed by atoms with Gasteiger partial charge in [0.15, 0.2) is 0 Å². The molecular formula is C12H26Si. The molecule has 1 fully saturated rings. The molecule has 0 aromatic rings. The van der Waals surface area contributed by atoms with Gasteiger partial charge in [-0.05, 0) is 17.4 Å². The van der Waals surface area contributed by atoms with Gasteiger partial charge in [-0.3, -0.25) is 0 Å². The molecule has 0 radical (unpaired) electrons. The lowest BCUT2D eigenvalue weighted by molar-refractivity contribution is 0.281. The predicted molar refractivity (Wildman–Crippen MR) is 63.9 cm³/mol. The maximum absolute atomic E-state index is 2.52. The van der Waals surface area contributed by atoms with Crippen molar-refractivity contribution in [3.63, 3.8) is 0 Å². The molecule has 0 amide bonds. The molecule has 0 spiro atoms. The van der Waals surface area contributed by atoms with Gasteiger partial charge in [-0.15, -0.1) is 0 Å². The molecule has 0 aliphatic heterocycles. The average molecular weight is 198 g/mol. The van der Waals surface area contributed by atoms with Crippen LogP contribution in [0.15, 0.2) is 0 Å². The smallest absolute Gasteiger partial charge is 0.0473 e. The van der Waals surface area contributed by atoms with Crippen molar-refractivity contribution in [3.8, 4) is 0 Å². The number of hydrogen-bond acceptors (Lipinski definition) is 0. The van der Waals surface area contributed by atoms with Crippen molar-refractivity contribution in [1.29, 1.82) is 0 Å². The van der Waals surface area contributed by atoms with Crippen molar-refractivity contribution in [1.82, 2.24) is 0 Å². The Bertz CT molecular complexity index is 149. The van der Waals surface area contributed by atoms with E-state index in [1.54, 1.807) is 0 Å². The second kappa shape index (κ2) is 4.16. The molecule has 13 heavy (non-hydrogen) atoms. The van der Waals surface area contributed by atoms with E-state index in [2.05, 4.69) is 33.5 Å². The van der Waals surface area contributed by atoms with Crippen molar-refractivity contribution in [2.45, 2.75) is 64.7 Å². The minimum Gasteiger partial charge on any atom is -0.0693 e. The van der Waals surface area contributed by atoms with E-state index in [-0.39, 0.29) is 0 Å². The highest BCUT2D eigenvalue weighted by Gasteiger charge is 2.31. The zero-order valence-electron chi connectivity index (χ0n) is 10.1. The van der Waals surface area contributed by atoms with Crippen LogP contribution in [-0.4, -0.2) is 8.07 Å². The van der Waals surface area contributed by atoms with Crippen LogP contribution < -0.4 is 0 Å². The summed E-state index contributed by atoms with van der Waals surface area (Å²) in [6.07, 6.45) is 5.98. The molecule has 0 N–H and O–H groups in total. The third-order valence-corrected chi connectivity index (χ3v) is 7.34. The summed E-state index contributed by atoms with van der Waals surface area (Å²) in [5.41, 5.74) is 1.03. The molecule has 0 saturated heterocycles. The van der Waals surface area contributed by atoms with E-state index < -0.39 is 8.07 Å². The Labute approximate surface area is 85.1 Å². The molecule has 1 saturated carbocycles. The largest absolute Gasteiger partial charge is 0.0693 e. The molecule has 0 heterocycles. The molecule has 0 nitrogen and oxygen atoms in total. The molecule has 78 valence electrons. The van der Waals surface area contributed by atoms with Crippen LogP contribution in [0.1, 0.15) is 39.5 Å². The fourth-order valence-corrected chi connectivity index (χ4v) is 4.24. The zero-order chi connectivity index (χ0) is 10.1. The Hall–Kier alpha value is 0.217. The Kier molecular flexibility index (Phi) is 3.62. The van der Waals surface area contributed by atoms with E-state index in [9.17, 15) is 0 Å². The summed E-state index contributed by atoms with van der Waals surface area (Å²) in [7, 11) is -0.870. The van der Waals surface area contributed by atoms with Crippen molar-refractivity contribution in [2.75, 3.05) is 0 Å². The van der Waals surface area contributed by atoms with Crippen LogP contribution in [0.25, 0.3) is 0 Å². The summed E-state index contributed by atoms with van der Waals surface area (Å²) in [5.74, 6) is 2.06. The molecule has 0 aromatic heterocycles. The fourth-order valence-electron chi connectivity index (χ4n) is 2.49. The fraction of sp³-hybridized carbons (Fsp3) is 1.00. The monoisotopic (exact) mass is 198 g/mol. The summed E-state index contributed by atoms with van der Waals surface area (Å²) in [6.45, 7) is 12.5. The normalized spacial score (nSPS) is 33.0. The van der Waals surface area contributed by atoms with Crippen LogP contribution in [0.2, 0.25) is 25.2 Å². The summed E-state index contributed by atoms with van der Waals surface area (Å²) in [5, 5.41) is 0. The summed E-state index contributed by atoms with van der Waals surface area (Å²) >= 11 is 0. The quantitative estimate of drug-likeness (QED) is 0.571. The minimum atomic E-state index is -0.870. The van der Waals surface area contributed by atoms with Crippen molar-refractivity contribution in [2.24, 2.45) is 11.8 Å². The lowest BCUT2D eigenvalue weighted by atomic mass is 9.81. The number of rotatable bonds is 2. The lowest BCUT2D eigenvalue weighted by Gasteiger charge is -2.37. The number of hydrogen-bond donors (Lipinski definition) is 0. The van der Waals surface area contributed by atoms with Gasteiger partial charge in [-0.25, -0.2) is 0 Å². The van der Waals surface area contributed by atoms with Gasteiger partial charge in [0.25, 0.3) is 0 Å². The Morgan fingerprint density at radius 1 is 1.00 bits per heavy atom. The predicted octanol–water partition coefficient (Wildman–Crippen LogP) is 4.54. The van der Waals surface area contributed by atoms with Crippen molar-refractivity contribution >= 4 is 8.07 Å². The average Bonchev–Trinajstić information content (AvgIpc) is 2.03. The first kappa shape index (κ1) is 11.3. The molecule has 1 atom stereocenters. The van der Waals surface area contributed by atoms with E-state index in [0.29, 0.717) is 0 Å². The Morgan fingerprint density at radius 2 is 1.46 bits per heavy atom. The third-order valence-electron chi connectivity index (χ3n) is 4.13. The van der Waals surface area contributed by atoms with Crippen LogP contribution in [0.5, 0.6) is 0 Å². The van der Waals surface area contributed by atoms with Crippen LogP contribution in [0.3, 0.4) is 0 Å². The van der Waals surface area contributed by atoms with Crippen LogP contribution in [0, 0.1) is 11.8 Å². The van der Waals surface area contributed by atoms with E-state index >= 15 is 0 Å². The molecule has 0 aromatic carbocycles. The summed E-state index contributed by atoms with van der Waals surface area (Å²) in [4.78, 5) is 0. The minimum absolute atomic E-state index is 0.870. The maximum atomic E-state index is 2.52. The standard InChI is InChI=1S/C12H26Si/c1-10-6-8-12(9-7-10)11(2)13(3,4)5/h10-12H,6-9H2,1-5H3. The zero-order valence-corrected chi connectivity index (χ0v) is 11.1. The highest BCUT2D eigenvalue weighted by molar-refractivity contribution is 6.77. The van der Waals surface area contributed by atoms with Gasteiger partial charge in [0.1, 0.15) is 0 Å². The highest BCUT2D eigenvalue weighted by Crippen LogP contribution is 2.40. The summed E-state index contributed by atoms with van der Waals surface area (Å²) < 4.78 is 0. The molecule has 0 bridgehead atoms. The third kappa shape index (κ3) is 3.12. The second-order valence-corrected chi connectivity index (χ2v) is 11.8. The first-order valence-electron chi connectivity index (χ1n) is 5.91. The van der Waals surface area contributed by atoms with Crippen molar-refractivity contribution < 1.29 is 0 Å². The van der Waals surface area contributed by atoms with Crippen LogP contribution in [-0.2, 0) is 0 Å². The Morgan fingerprint density at radius 3 is 1.85 bits per heavy atom. The van der Waals surface area contributed by atoms with Gasteiger partial charge in [0, 0.05) is 8.07 Å². The van der Waals surface area contributed by atoms with E-state index in [1.807, 2.05) is 0 Å². The first-order chi connectivity index (χ1) is 5.91. The van der Waals surface area contributed by atoms with Crippen LogP contribution in [0.4, 0.5) is 0 Å². The SMILES string of the molecule is CC1CCC(C(C)[Si](C)(C)C)CC1. The van der Waals surface area contributed by atoms with Gasteiger partial charge in [-0.2, -0.15) is 0 Å². The molecule has 1 rings (SSSR count). The summed E-state index contributed by atoms with van der Waals surface area (Å²) in [6, 6.07) is 0. The first-order valence-corrected chi connectivity index (χ1v) is 9.49. The highest BCUT2D eigenvalue weighted by atomic mass is 28.3. The van der Waals surface area contributed by atoms with Crippen LogP contribution >= 0.6 is 0 Å². The van der Waals surface area contributed by atoms with E-state index in [1.165, 1.54) is 25.7 Å². The van der Waals surface area contributed by atoms with Gasteiger partial charge >= 0.3 is 0 Å². The topological polar surface area (TPSA) is 0 Å². The molecule has 1 unspecified atom stereocenters. The van der Waals surface area contributed by atoms with Crippen molar-refractivity contribution in [3.05, 3.63) is 0 Å². The molecule has 1 aliphatic carbocycles. The Balaban J connectivity index is 2.45. The second-order valence-electron chi connectivity index (χ2n) is 6.17.